The number of rotatable bonds is 11. The molecule has 3 rings (SSSR count). The van der Waals surface area contributed by atoms with Crippen molar-refractivity contribution in [3.8, 4) is 0 Å². The molecule has 0 spiro atoms. The number of carbonyl (C=O) groups is 5. The van der Waals surface area contributed by atoms with Crippen molar-refractivity contribution < 1.29 is 38.2 Å². The van der Waals surface area contributed by atoms with E-state index in [1.807, 2.05) is 45.0 Å². The van der Waals surface area contributed by atoms with Gasteiger partial charge in [-0.3, -0.25) is 24.2 Å². The molecule has 3 amide bonds. The highest BCUT2D eigenvalue weighted by Gasteiger charge is 2.34. The summed E-state index contributed by atoms with van der Waals surface area (Å²) in [6.07, 6.45) is 3.20. The fourth-order valence-electron chi connectivity index (χ4n) is 5.06. The van der Waals surface area contributed by atoms with E-state index in [1.165, 1.54) is 11.9 Å². The van der Waals surface area contributed by atoms with E-state index < -0.39 is 59.3 Å². The maximum absolute atomic E-state index is 13.3. The Morgan fingerprint density at radius 1 is 0.960 bits per heavy atom. The van der Waals surface area contributed by atoms with Crippen LogP contribution in [-0.2, 0) is 33.4 Å². The van der Waals surface area contributed by atoms with E-state index in [1.54, 1.807) is 53.7 Å². The number of hydrazine groups is 1. The lowest BCUT2D eigenvalue weighted by Gasteiger charge is -2.35. The highest BCUT2D eigenvalue weighted by Crippen LogP contribution is 2.22. The number of hydrogen-bond acceptors (Lipinski definition) is 11. The zero-order chi connectivity index (χ0) is 37.4. The Kier molecular flexibility index (Phi) is 13.5. The van der Waals surface area contributed by atoms with Crippen LogP contribution < -0.4 is 16.1 Å². The molecule has 14 nitrogen and oxygen atoms in total. The van der Waals surface area contributed by atoms with Crippen LogP contribution >= 0.6 is 0 Å². The van der Waals surface area contributed by atoms with E-state index in [0.29, 0.717) is 30.6 Å². The van der Waals surface area contributed by atoms with E-state index in [2.05, 4.69) is 26.3 Å². The number of fused-ring (bicyclic) bond motifs is 1. The summed E-state index contributed by atoms with van der Waals surface area (Å²) >= 11 is 0. The Labute approximate surface area is 294 Å². The van der Waals surface area contributed by atoms with Crippen molar-refractivity contribution in [2.45, 2.75) is 124 Å². The summed E-state index contributed by atoms with van der Waals surface area (Å²) in [6, 6.07) is 4.70. The van der Waals surface area contributed by atoms with Gasteiger partial charge in [0.25, 0.3) is 5.91 Å². The molecule has 274 valence electrons. The minimum absolute atomic E-state index is 0.139. The van der Waals surface area contributed by atoms with Gasteiger partial charge in [-0.25, -0.2) is 10.2 Å². The van der Waals surface area contributed by atoms with Crippen LogP contribution in [0.2, 0.25) is 0 Å². The zero-order valence-electron chi connectivity index (χ0n) is 30.8. The van der Waals surface area contributed by atoms with Crippen LogP contribution in [0.5, 0.6) is 0 Å². The number of esters is 2. The van der Waals surface area contributed by atoms with E-state index in [-0.39, 0.29) is 18.3 Å². The molecule has 0 aliphatic carbocycles. The molecule has 0 saturated carbocycles. The van der Waals surface area contributed by atoms with E-state index >= 15 is 0 Å². The molecular weight excluding hydrogens is 644 g/mol. The number of alkyl carbamates (subject to hydrolysis) is 1. The van der Waals surface area contributed by atoms with Gasteiger partial charge in [-0.2, -0.15) is 10.2 Å². The minimum Gasteiger partial charge on any atom is -0.460 e. The normalized spacial score (nSPS) is 17.2. The van der Waals surface area contributed by atoms with Gasteiger partial charge in [0.15, 0.2) is 0 Å². The van der Waals surface area contributed by atoms with Gasteiger partial charge in [-0.1, -0.05) is 32.1 Å². The maximum Gasteiger partial charge on any atom is 0.408 e. The average molecular weight is 697 g/mol. The molecule has 2 aromatic rings. The average Bonchev–Trinajstić information content (AvgIpc) is 3.01. The third-order valence-electron chi connectivity index (χ3n) is 7.44. The smallest absolute Gasteiger partial charge is 0.408 e. The van der Waals surface area contributed by atoms with Crippen molar-refractivity contribution >= 4 is 46.8 Å². The molecular formula is C36H52N6O8. The third kappa shape index (κ3) is 12.4. The lowest BCUT2D eigenvalue weighted by molar-refractivity contribution is -0.157. The largest absolute Gasteiger partial charge is 0.460 e. The standard InChI is InChI=1S/C36H52N6O8/c1-21(2)30(38-34(47)50-36(8,9)10)31(44)37-22(3)32(45)42-18-12-14-27(41-42)33(46)48-23(4)28-20-25-19-24(16-17-26(25)39-40-28)13-11-15-29(43)49-35(5,6)7/h11,13,16-17,19-23,27,30,41H,12,14-15,18H2,1-10H3,(H,37,44)(H,38,47)/b13-11+/t22-,23+,27-,30?/m0/s1. The second-order valence-corrected chi connectivity index (χ2v) is 14.8. The van der Waals surface area contributed by atoms with Crippen molar-refractivity contribution in [2.24, 2.45) is 5.92 Å². The summed E-state index contributed by atoms with van der Waals surface area (Å²) in [6.45, 7) is 17.7. The van der Waals surface area contributed by atoms with Gasteiger partial charge in [0.05, 0.1) is 11.9 Å². The van der Waals surface area contributed by atoms with Gasteiger partial charge >= 0.3 is 18.0 Å². The molecule has 0 bridgehead atoms. The molecule has 14 heteroatoms. The second-order valence-electron chi connectivity index (χ2n) is 14.8. The van der Waals surface area contributed by atoms with E-state index in [4.69, 9.17) is 14.2 Å². The first-order valence-electron chi connectivity index (χ1n) is 17.0. The molecule has 1 aromatic heterocycles. The number of nitrogens with zero attached hydrogens (tertiary/aromatic N) is 3. The topological polar surface area (TPSA) is 178 Å². The molecule has 1 aliphatic rings. The van der Waals surface area contributed by atoms with Crippen molar-refractivity contribution in [3.05, 3.63) is 41.6 Å². The van der Waals surface area contributed by atoms with Crippen LogP contribution in [-0.4, -0.2) is 80.9 Å². The molecule has 2 heterocycles. The Morgan fingerprint density at radius 2 is 1.64 bits per heavy atom. The summed E-state index contributed by atoms with van der Waals surface area (Å²) in [7, 11) is 0. The fraction of sp³-hybridized carbons (Fsp3) is 0.583. The molecule has 50 heavy (non-hydrogen) atoms. The summed E-state index contributed by atoms with van der Waals surface area (Å²) in [5, 5.41) is 15.9. The molecule has 3 N–H and O–H groups in total. The molecule has 1 unspecified atom stereocenters. The molecule has 0 radical (unpaired) electrons. The van der Waals surface area contributed by atoms with Crippen molar-refractivity contribution in [1.29, 1.82) is 0 Å². The Balaban J connectivity index is 1.59. The first-order chi connectivity index (χ1) is 23.2. The van der Waals surface area contributed by atoms with Crippen LogP contribution in [0.4, 0.5) is 4.79 Å². The molecule has 1 aromatic carbocycles. The quantitative estimate of drug-likeness (QED) is 0.222. The second kappa shape index (κ2) is 16.9. The number of carbonyl (C=O) groups excluding carboxylic acids is 5. The molecule has 1 aliphatic heterocycles. The van der Waals surface area contributed by atoms with Gasteiger partial charge in [0.1, 0.15) is 41.1 Å². The van der Waals surface area contributed by atoms with Gasteiger partial charge in [-0.15, -0.1) is 0 Å². The zero-order valence-corrected chi connectivity index (χ0v) is 30.8. The van der Waals surface area contributed by atoms with Crippen molar-refractivity contribution in [1.82, 2.24) is 31.3 Å². The molecule has 4 atom stereocenters. The lowest BCUT2D eigenvalue weighted by Crippen LogP contribution is -2.61. The number of ether oxygens (including phenoxy) is 3. The Morgan fingerprint density at radius 3 is 2.28 bits per heavy atom. The summed E-state index contributed by atoms with van der Waals surface area (Å²) < 4.78 is 16.4. The number of nitrogens with one attached hydrogen (secondary N) is 3. The van der Waals surface area contributed by atoms with Crippen molar-refractivity contribution in [3.63, 3.8) is 0 Å². The number of amides is 3. The van der Waals surface area contributed by atoms with Gasteiger partial charge in [-0.05, 0) is 97.9 Å². The first kappa shape index (κ1) is 39.8. The number of aromatic nitrogens is 2. The van der Waals surface area contributed by atoms with Gasteiger partial charge in [0, 0.05) is 11.9 Å². The fourth-order valence-corrected chi connectivity index (χ4v) is 5.06. The monoisotopic (exact) mass is 696 g/mol. The van der Waals surface area contributed by atoms with Gasteiger partial charge in [0.2, 0.25) is 5.91 Å². The Bertz CT molecular complexity index is 1580. The summed E-state index contributed by atoms with van der Waals surface area (Å²) in [5.41, 5.74) is 3.61. The molecule has 1 fully saturated rings. The van der Waals surface area contributed by atoms with Crippen LogP contribution in [0, 0.1) is 5.92 Å². The number of benzene rings is 1. The van der Waals surface area contributed by atoms with Crippen LogP contribution in [0.25, 0.3) is 17.0 Å². The summed E-state index contributed by atoms with van der Waals surface area (Å²) in [4.78, 5) is 63.9. The number of hydrogen-bond donors (Lipinski definition) is 3. The van der Waals surface area contributed by atoms with Gasteiger partial charge < -0.3 is 24.8 Å². The Hall–Kier alpha value is -4.59. The third-order valence-corrected chi connectivity index (χ3v) is 7.44. The van der Waals surface area contributed by atoms with Crippen LogP contribution in [0.3, 0.4) is 0 Å². The predicted octanol–water partition coefficient (Wildman–Crippen LogP) is 4.53. The minimum atomic E-state index is -0.949. The van der Waals surface area contributed by atoms with Crippen LogP contribution in [0.1, 0.15) is 106 Å². The van der Waals surface area contributed by atoms with E-state index in [9.17, 15) is 24.0 Å². The first-order valence-corrected chi connectivity index (χ1v) is 17.0. The highest BCUT2D eigenvalue weighted by atomic mass is 16.6. The molecule has 1 saturated heterocycles. The van der Waals surface area contributed by atoms with Crippen molar-refractivity contribution in [2.75, 3.05) is 6.54 Å². The SMILES string of the molecule is CC(C)C(NC(=O)OC(C)(C)C)C(=O)N[C@@H](C)C(=O)N1CCC[C@@H](C(=O)O[C@H](C)c2cc3cc(/C=C/CC(=O)OC(C)(C)C)ccc3nn2)N1. The van der Waals surface area contributed by atoms with E-state index in [0.717, 1.165) is 10.9 Å². The maximum atomic E-state index is 13.3. The highest BCUT2D eigenvalue weighted by molar-refractivity contribution is 5.91. The predicted molar refractivity (Wildman–Crippen MR) is 187 cm³/mol. The summed E-state index contributed by atoms with van der Waals surface area (Å²) in [5.74, 6) is -2.13. The lowest BCUT2D eigenvalue weighted by atomic mass is 10.0. The van der Waals surface area contributed by atoms with Crippen LogP contribution in [0.15, 0.2) is 30.3 Å².